The van der Waals surface area contributed by atoms with Crippen LogP contribution in [0.1, 0.15) is 33.2 Å². The molecule has 0 fully saturated rings. The van der Waals surface area contributed by atoms with Crippen LogP contribution in [0.3, 0.4) is 0 Å². The summed E-state index contributed by atoms with van der Waals surface area (Å²) in [6, 6.07) is 34.2. The number of para-hydroxylation sites is 1. The Balaban J connectivity index is 1.47. The third-order valence-electron chi connectivity index (χ3n) is 6.56. The Hall–Kier alpha value is -4.42. The molecule has 1 amide bonds. The number of rotatable bonds is 7. The molecule has 4 aromatic carbocycles. The van der Waals surface area contributed by atoms with Crippen LogP contribution in [0.5, 0.6) is 0 Å². The molecule has 0 spiro atoms. The maximum atomic E-state index is 13.7. The molecular formula is C33H28N2O3S. The van der Waals surface area contributed by atoms with Crippen LogP contribution in [0.25, 0.3) is 10.9 Å². The summed E-state index contributed by atoms with van der Waals surface area (Å²) in [7, 11) is 0. The van der Waals surface area contributed by atoms with Crippen molar-refractivity contribution in [2.45, 2.75) is 30.1 Å². The minimum atomic E-state index is -0.606. The van der Waals surface area contributed by atoms with Gasteiger partial charge in [0.1, 0.15) is 5.56 Å². The number of amides is 1. The number of benzene rings is 4. The highest BCUT2D eigenvalue weighted by Gasteiger charge is 2.24. The highest BCUT2D eigenvalue weighted by atomic mass is 32.2. The van der Waals surface area contributed by atoms with Gasteiger partial charge in [0.25, 0.3) is 11.5 Å². The van der Waals surface area contributed by atoms with Gasteiger partial charge in [0.05, 0.1) is 11.9 Å². The monoisotopic (exact) mass is 532 g/mol. The van der Waals surface area contributed by atoms with E-state index in [0.717, 1.165) is 25.5 Å². The van der Waals surface area contributed by atoms with Gasteiger partial charge in [-0.15, -0.1) is 0 Å². The zero-order valence-corrected chi connectivity index (χ0v) is 22.7. The summed E-state index contributed by atoms with van der Waals surface area (Å²) in [4.78, 5) is 44.7. The number of nitrogens with zero attached hydrogens (tertiary/aromatic N) is 2. The number of carbonyl (C=O) groups excluding carboxylic acids is 2. The molecule has 0 aliphatic heterocycles. The molecule has 0 N–H and O–H groups in total. The van der Waals surface area contributed by atoms with Crippen molar-refractivity contribution in [2.75, 3.05) is 11.4 Å². The molecule has 0 saturated heterocycles. The van der Waals surface area contributed by atoms with Crippen molar-refractivity contribution >= 4 is 40.2 Å². The zero-order chi connectivity index (χ0) is 27.4. The van der Waals surface area contributed by atoms with E-state index >= 15 is 0 Å². The van der Waals surface area contributed by atoms with E-state index in [1.54, 1.807) is 34.9 Å². The lowest BCUT2D eigenvalue weighted by Gasteiger charge is -2.22. The van der Waals surface area contributed by atoms with E-state index in [1.165, 1.54) is 0 Å². The predicted octanol–water partition coefficient (Wildman–Crippen LogP) is 7.01. The van der Waals surface area contributed by atoms with Gasteiger partial charge in [0.2, 0.25) is 5.91 Å². The fraction of sp³-hybridized carbons (Fsp3) is 0.121. The average molecular weight is 533 g/mol. The molecule has 5 nitrogen and oxygen atoms in total. The summed E-state index contributed by atoms with van der Waals surface area (Å²) in [6.07, 6.45) is 0.0350. The standard InChI is InChI=1S/C33H28N2O3S/c1-3-34(26-17-13-23(2)14-18-26)32(37)29-22-25-9-7-8-12-30(25)35(33(29)38)31(36)21-24-15-19-28(20-16-24)39-27-10-5-4-6-11-27/h4-20,22H,3,21H2,1-2H3. The molecule has 0 unspecified atom stereocenters. The number of anilines is 1. The van der Waals surface area contributed by atoms with Crippen molar-refractivity contribution in [3.63, 3.8) is 0 Å². The fourth-order valence-corrected chi connectivity index (χ4v) is 5.37. The van der Waals surface area contributed by atoms with Gasteiger partial charge in [0.15, 0.2) is 0 Å². The van der Waals surface area contributed by atoms with E-state index in [-0.39, 0.29) is 17.9 Å². The molecule has 0 atom stereocenters. The van der Waals surface area contributed by atoms with E-state index in [2.05, 4.69) is 0 Å². The number of carbonyl (C=O) groups is 2. The number of fused-ring (bicyclic) bond motifs is 1. The van der Waals surface area contributed by atoms with Crippen LogP contribution in [0.4, 0.5) is 5.69 Å². The van der Waals surface area contributed by atoms with Crippen LogP contribution in [0.15, 0.2) is 124 Å². The van der Waals surface area contributed by atoms with Crippen LogP contribution < -0.4 is 10.5 Å². The van der Waals surface area contributed by atoms with Gasteiger partial charge in [-0.25, -0.2) is 4.57 Å². The highest BCUT2D eigenvalue weighted by Crippen LogP contribution is 2.27. The van der Waals surface area contributed by atoms with Gasteiger partial charge in [-0.3, -0.25) is 14.4 Å². The average Bonchev–Trinajstić information content (AvgIpc) is 2.95. The molecule has 194 valence electrons. The van der Waals surface area contributed by atoms with E-state index in [9.17, 15) is 14.4 Å². The summed E-state index contributed by atoms with van der Waals surface area (Å²) in [5.74, 6) is -0.811. The van der Waals surface area contributed by atoms with Crippen molar-refractivity contribution in [1.82, 2.24) is 4.57 Å². The topological polar surface area (TPSA) is 59.4 Å². The molecule has 39 heavy (non-hydrogen) atoms. The summed E-state index contributed by atoms with van der Waals surface area (Å²) in [5, 5.41) is 0.656. The minimum absolute atomic E-state index is 0.0286. The van der Waals surface area contributed by atoms with Crippen molar-refractivity contribution in [3.05, 3.63) is 136 Å². The minimum Gasteiger partial charge on any atom is -0.308 e. The molecule has 1 heterocycles. The van der Waals surface area contributed by atoms with Gasteiger partial charge in [0, 0.05) is 22.0 Å². The van der Waals surface area contributed by atoms with Gasteiger partial charge < -0.3 is 4.90 Å². The normalized spacial score (nSPS) is 10.9. The largest absolute Gasteiger partial charge is 0.308 e. The second-order valence-electron chi connectivity index (χ2n) is 9.27. The predicted molar refractivity (Wildman–Crippen MR) is 158 cm³/mol. The number of hydrogen-bond donors (Lipinski definition) is 0. The maximum absolute atomic E-state index is 13.7. The first-order valence-electron chi connectivity index (χ1n) is 12.8. The fourth-order valence-electron chi connectivity index (χ4n) is 4.53. The molecule has 0 aliphatic rings. The number of pyridine rings is 1. The van der Waals surface area contributed by atoms with Gasteiger partial charge in [-0.1, -0.05) is 78.0 Å². The lowest BCUT2D eigenvalue weighted by Crippen LogP contribution is -2.38. The van der Waals surface area contributed by atoms with Crippen molar-refractivity contribution in [3.8, 4) is 0 Å². The number of aromatic nitrogens is 1. The smallest absolute Gasteiger partial charge is 0.270 e. The second kappa shape index (κ2) is 11.5. The second-order valence-corrected chi connectivity index (χ2v) is 10.4. The summed E-state index contributed by atoms with van der Waals surface area (Å²) < 4.78 is 1.15. The maximum Gasteiger partial charge on any atom is 0.270 e. The summed E-state index contributed by atoms with van der Waals surface area (Å²) in [5.41, 5.74) is 2.42. The Morgan fingerprint density at radius 3 is 2.13 bits per heavy atom. The molecule has 0 aliphatic carbocycles. The van der Waals surface area contributed by atoms with Crippen LogP contribution in [-0.4, -0.2) is 22.9 Å². The first-order valence-corrected chi connectivity index (χ1v) is 13.6. The zero-order valence-electron chi connectivity index (χ0n) is 21.8. The van der Waals surface area contributed by atoms with Gasteiger partial charge >= 0.3 is 0 Å². The van der Waals surface area contributed by atoms with E-state index in [4.69, 9.17) is 0 Å². The summed E-state index contributed by atoms with van der Waals surface area (Å²) >= 11 is 1.64. The number of hydrogen-bond acceptors (Lipinski definition) is 4. The Labute approximate surface area is 231 Å². The van der Waals surface area contributed by atoms with Crippen LogP contribution >= 0.6 is 11.8 Å². The lowest BCUT2D eigenvalue weighted by molar-refractivity contribution is 0.0914. The quantitative estimate of drug-likeness (QED) is 0.226. The molecule has 0 radical (unpaired) electrons. The molecule has 0 saturated carbocycles. The molecule has 0 bridgehead atoms. The first kappa shape index (κ1) is 26.2. The summed E-state index contributed by atoms with van der Waals surface area (Å²) in [6.45, 7) is 4.23. The molecular weight excluding hydrogens is 504 g/mol. The van der Waals surface area contributed by atoms with Crippen LogP contribution in [0.2, 0.25) is 0 Å². The molecule has 5 rings (SSSR count). The molecule has 6 heteroatoms. The Kier molecular flexibility index (Phi) is 7.75. The van der Waals surface area contributed by atoms with Crippen LogP contribution in [-0.2, 0) is 6.42 Å². The Bertz CT molecular complexity index is 1690. The highest BCUT2D eigenvalue weighted by molar-refractivity contribution is 7.99. The van der Waals surface area contributed by atoms with E-state index in [1.807, 2.05) is 105 Å². The van der Waals surface area contributed by atoms with Crippen molar-refractivity contribution in [2.24, 2.45) is 0 Å². The first-order chi connectivity index (χ1) is 18.9. The molecule has 5 aromatic rings. The lowest BCUT2D eigenvalue weighted by atomic mass is 10.1. The van der Waals surface area contributed by atoms with Crippen molar-refractivity contribution < 1.29 is 9.59 Å². The Morgan fingerprint density at radius 1 is 0.795 bits per heavy atom. The SMILES string of the molecule is CCN(C(=O)c1cc2ccccc2n(C(=O)Cc2ccc(Sc3ccccc3)cc2)c1=O)c1ccc(C)cc1. The third-order valence-corrected chi connectivity index (χ3v) is 7.57. The third kappa shape index (κ3) is 5.71. The number of aryl methyl sites for hydroxylation is 1. The van der Waals surface area contributed by atoms with Gasteiger partial charge in [-0.05, 0) is 73.3 Å². The van der Waals surface area contributed by atoms with Gasteiger partial charge in [-0.2, -0.15) is 0 Å². The van der Waals surface area contributed by atoms with E-state index in [0.29, 0.717) is 23.1 Å². The Morgan fingerprint density at radius 2 is 1.44 bits per heavy atom. The molecule has 1 aromatic heterocycles. The van der Waals surface area contributed by atoms with E-state index < -0.39 is 11.5 Å². The van der Waals surface area contributed by atoms with Crippen LogP contribution in [0, 0.1) is 6.92 Å². The van der Waals surface area contributed by atoms with Crippen molar-refractivity contribution in [1.29, 1.82) is 0 Å².